The van der Waals surface area contributed by atoms with Crippen molar-refractivity contribution in [2.45, 2.75) is 13.0 Å². The van der Waals surface area contributed by atoms with E-state index < -0.39 is 12.0 Å². The number of rotatable bonds is 3. The van der Waals surface area contributed by atoms with Gasteiger partial charge in [0, 0.05) is 11.8 Å². The number of carbonyl (C=O) groups is 1. The number of hydrogen-bond acceptors (Lipinski definition) is 3. The zero-order chi connectivity index (χ0) is 12.1. The smallest absolute Gasteiger partial charge is 0.330 e. The maximum atomic E-state index is 11.1. The van der Waals surface area contributed by atoms with Crippen molar-refractivity contribution < 1.29 is 9.53 Å². The van der Waals surface area contributed by atoms with Gasteiger partial charge in [-0.25, -0.2) is 4.79 Å². The van der Waals surface area contributed by atoms with Crippen molar-refractivity contribution in [1.29, 1.82) is 0 Å². The number of hydrogen-bond donors (Lipinski definition) is 0. The second-order valence-corrected chi connectivity index (χ2v) is 3.93. The molecule has 1 aromatic rings. The molecule has 0 aromatic heterocycles. The summed E-state index contributed by atoms with van der Waals surface area (Å²) in [5.41, 5.74) is 0.599. The van der Waals surface area contributed by atoms with E-state index in [0.717, 1.165) is 0 Å². The van der Waals surface area contributed by atoms with Gasteiger partial charge in [-0.3, -0.25) is 4.99 Å². The van der Waals surface area contributed by atoms with E-state index in [0.29, 0.717) is 15.6 Å². The zero-order valence-electron chi connectivity index (χ0n) is 8.91. The van der Waals surface area contributed by atoms with Crippen molar-refractivity contribution in [3.63, 3.8) is 0 Å². The summed E-state index contributed by atoms with van der Waals surface area (Å²) in [6.45, 7) is 1.63. The molecule has 1 aromatic carbocycles. The molecule has 0 radical (unpaired) electrons. The number of esters is 1. The number of benzene rings is 1. The first-order valence-electron chi connectivity index (χ1n) is 4.61. The third-order valence-corrected chi connectivity index (χ3v) is 2.63. The van der Waals surface area contributed by atoms with Gasteiger partial charge < -0.3 is 4.74 Å². The number of ether oxygens (including phenoxy) is 1. The molecule has 16 heavy (non-hydrogen) atoms. The van der Waals surface area contributed by atoms with E-state index in [4.69, 9.17) is 23.2 Å². The minimum atomic E-state index is -0.572. The SMILES string of the molecule is COC(=O)C(C)N=Cc1c(Cl)cccc1Cl. The van der Waals surface area contributed by atoms with Crippen molar-refractivity contribution in [1.82, 2.24) is 0 Å². The predicted octanol–water partition coefficient (Wildman–Crippen LogP) is 2.97. The number of methoxy groups -OCH3 is 1. The van der Waals surface area contributed by atoms with Gasteiger partial charge in [0.05, 0.1) is 17.2 Å². The van der Waals surface area contributed by atoms with Gasteiger partial charge in [-0.05, 0) is 19.1 Å². The highest BCUT2D eigenvalue weighted by atomic mass is 35.5. The molecule has 0 amide bonds. The standard InChI is InChI=1S/C11H11Cl2NO2/c1-7(11(15)16-2)14-6-8-9(12)4-3-5-10(8)13/h3-7H,1-2H3. The summed E-state index contributed by atoms with van der Waals surface area (Å²) in [6, 6.07) is 4.58. The lowest BCUT2D eigenvalue weighted by Gasteiger charge is -2.04. The van der Waals surface area contributed by atoms with Crippen molar-refractivity contribution >= 4 is 35.4 Å². The third-order valence-electron chi connectivity index (χ3n) is 1.97. The predicted molar refractivity (Wildman–Crippen MR) is 65.5 cm³/mol. The molecule has 1 atom stereocenters. The molecule has 0 bridgehead atoms. The second kappa shape index (κ2) is 5.87. The Morgan fingerprint density at radius 1 is 1.44 bits per heavy atom. The normalized spacial score (nSPS) is 12.8. The van der Waals surface area contributed by atoms with E-state index in [9.17, 15) is 4.79 Å². The minimum Gasteiger partial charge on any atom is -0.467 e. The summed E-state index contributed by atoms with van der Waals surface area (Å²) in [4.78, 5) is 15.1. The highest BCUT2D eigenvalue weighted by Gasteiger charge is 2.10. The highest BCUT2D eigenvalue weighted by molar-refractivity contribution is 6.38. The van der Waals surface area contributed by atoms with Crippen LogP contribution in [0.5, 0.6) is 0 Å². The maximum Gasteiger partial charge on any atom is 0.330 e. The molecular weight excluding hydrogens is 249 g/mol. The third kappa shape index (κ3) is 3.22. The summed E-state index contributed by atoms with van der Waals surface area (Å²) >= 11 is 11.9. The van der Waals surface area contributed by atoms with E-state index >= 15 is 0 Å². The topological polar surface area (TPSA) is 38.7 Å². The number of aliphatic imine (C=N–C) groups is 1. The van der Waals surface area contributed by atoms with Gasteiger partial charge in [0.1, 0.15) is 6.04 Å². The quantitative estimate of drug-likeness (QED) is 0.619. The molecule has 1 unspecified atom stereocenters. The van der Waals surface area contributed by atoms with Crippen LogP contribution in [-0.2, 0) is 9.53 Å². The molecule has 0 N–H and O–H groups in total. The van der Waals surface area contributed by atoms with Crippen LogP contribution in [0.2, 0.25) is 10.0 Å². The van der Waals surface area contributed by atoms with Crippen LogP contribution in [0.4, 0.5) is 0 Å². The van der Waals surface area contributed by atoms with E-state index in [1.165, 1.54) is 13.3 Å². The second-order valence-electron chi connectivity index (χ2n) is 3.11. The number of carbonyl (C=O) groups excluding carboxylic acids is 1. The maximum absolute atomic E-state index is 11.1. The van der Waals surface area contributed by atoms with Crippen molar-refractivity contribution in [2.24, 2.45) is 4.99 Å². The first kappa shape index (κ1) is 13.0. The molecule has 0 saturated heterocycles. The van der Waals surface area contributed by atoms with Gasteiger partial charge in [-0.1, -0.05) is 29.3 Å². The fourth-order valence-electron chi connectivity index (χ4n) is 1.05. The number of nitrogens with zero attached hydrogens (tertiary/aromatic N) is 1. The Bertz CT molecular complexity index is 398. The summed E-state index contributed by atoms with van der Waals surface area (Å²) in [6.07, 6.45) is 1.48. The Morgan fingerprint density at radius 3 is 2.50 bits per heavy atom. The van der Waals surface area contributed by atoms with E-state index in [2.05, 4.69) is 9.73 Å². The van der Waals surface area contributed by atoms with Gasteiger partial charge >= 0.3 is 5.97 Å². The van der Waals surface area contributed by atoms with Crippen LogP contribution >= 0.6 is 23.2 Å². The van der Waals surface area contributed by atoms with Crippen molar-refractivity contribution in [2.75, 3.05) is 7.11 Å². The van der Waals surface area contributed by atoms with Gasteiger partial charge in [0.15, 0.2) is 0 Å². The molecular formula is C11H11Cl2NO2. The summed E-state index contributed by atoms with van der Waals surface area (Å²) in [7, 11) is 1.32. The fraction of sp³-hybridized carbons (Fsp3) is 0.273. The van der Waals surface area contributed by atoms with Gasteiger partial charge in [-0.15, -0.1) is 0 Å². The molecule has 5 heteroatoms. The van der Waals surface area contributed by atoms with Crippen molar-refractivity contribution in [3.05, 3.63) is 33.8 Å². The Labute approximate surface area is 104 Å². The first-order chi connectivity index (χ1) is 7.56. The van der Waals surface area contributed by atoms with Crippen LogP contribution in [0.3, 0.4) is 0 Å². The lowest BCUT2D eigenvalue weighted by molar-refractivity contribution is -0.141. The molecule has 0 aliphatic carbocycles. The van der Waals surface area contributed by atoms with Gasteiger partial charge in [0.25, 0.3) is 0 Å². The summed E-state index contributed by atoms with van der Waals surface area (Å²) in [5, 5.41) is 0.988. The van der Waals surface area contributed by atoms with Gasteiger partial charge in [0.2, 0.25) is 0 Å². The lowest BCUT2D eigenvalue weighted by Crippen LogP contribution is -2.16. The van der Waals surface area contributed by atoms with E-state index in [-0.39, 0.29) is 0 Å². The molecule has 3 nitrogen and oxygen atoms in total. The average Bonchev–Trinajstić information content (AvgIpc) is 2.27. The largest absolute Gasteiger partial charge is 0.467 e. The zero-order valence-corrected chi connectivity index (χ0v) is 10.4. The van der Waals surface area contributed by atoms with Gasteiger partial charge in [-0.2, -0.15) is 0 Å². The number of halogens is 2. The van der Waals surface area contributed by atoms with Crippen LogP contribution < -0.4 is 0 Å². The molecule has 1 rings (SSSR count). The fourth-order valence-corrected chi connectivity index (χ4v) is 1.55. The summed E-state index contributed by atoms with van der Waals surface area (Å²) in [5.74, 6) is -0.403. The Hall–Kier alpha value is -1.06. The van der Waals surface area contributed by atoms with Crippen LogP contribution in [0.15, 0.2) is 23.2 Å². The van der Waals surface area contributed by atoms with Crippen molar-refractivity contribution in [3.8, 4) is 0 Å². The molecule has 0 fully saturated rings. The molecule has 0 aliphatic heterocycles. The molecule has 86 valence electrons. The first-order valence-corrected chi connectivity index (χ1v) is 5.37. The molecule has 0 heterocycles. The molecule has 0 spiro atoms. The van der Waals surface area contributed by atoms with E-state index in [1.807, 2.05) is 0 Å². The Morgan fingerprint density at radius 2 is 2.00 bits per heavy atom. The average molecular weight is 260 g/mol. The molecule has 0 aliphatic rings. The van der Waals surface area contributed by atoms with Crippen LogP contribution in [0.1, 0.15) is 12.5 Å². The minimum absolute atomic E-state index is 0.403. The van der Waals surface area contributed by atoms with Crippen LogP contribution in [0.25, 0.3) is 0 Å². The highest BCUT2D eigenvalue weighted by Crippen LogP contribution is 2.22. The van der Waals surface area contributed by atoms with E-state index in [1.54, 1.807) is 25.1 Å². The molecule has 0 saturated carbocycles. The summed E-state index contributed by atoms with van der Waals surface area (Å²) < 4.78 is 4.54. The monoisotopic (exact) mass is 259 g/mol. The lowest BCUT2D eigenvalue weighted by atomic mass is 10.2. The Balaban J connectivity index is 2.88. The van der Waals surface area contributed by atoms with Crippen LogP contribution in [0, 0.1) is 0 Å². The van der Waals surface area contributed by atoms with Crippen LogP contribution in [-0.4, -0.2) is 25.3 Å². The Kier molecular flexibility index (Phi) is 4.77.